The predicted octanol–water partition coefficient (Wildman–Crippen LogP) is 4.89. The molecule has 17 heavy (non-hydrogen) atoms. The average molecular weight is 314 g/mol. The van der Waals surface area contributed by atoms with Crippen molar-refractivity contribution in [2.45, 2.75) is 55.2 Å². The molecule has 1 nitrogen and oxygen atoms in total. The van der Waals surface area contributed by atoms with Crippen molar-refractivity contribution in [2.75, 3.05) is 0 Å². The maximum atomic E-state index is 6.05. The van der Waals surface area contributed by atoms with Crippen molar-refractivity contribution in [3.05, 3.63) is 28.2 Å². The zero-order chi connectivity index (χ0) is 12.3. The molecule has 1 aliphatic rings. The molecule has 2 N–H and O–H groups in total. The average Bonchev–Trinajstić information content (AvgIpc) is 2.32. The number of nitrogens with two attached hydrogens (primary N) is 1. The van der Waals surface area contributed by atoms with Gasteiger partial charge in [0.15, 0.2) is 0 Å². The summed E-state index contributed by atoms with van der Waals surface area (Å²) in [5.74, 6) is 0. The van der Waals surface area contributed by atoms with Crippen LogP contribution in [0.5, 0.6) is 0 Å². The molecule has 0 saturated heterocycles. The van der Waals surface area contributed by atoms with Crippen LogP contribution in [-0.2, 0) is 0 Å². The number of hydrogen-bond acceptors (Lipinski definition) is 2. The van der Waals surface area contributed by atoms with Gasteiger partial charge in [0.1, 0.15) is 0 Å². The summed E-state index contributed by atoms with van der Waals surface area (Å²) >= 11 is 5.55. The van der Waals surface area contributed by atoms with E-state index in [0.717, 1.165) is 9.72 Å². The highest BCUT2D eigenvalue weighted by Gasteiger charge is 2.17. The number of hydrogen-bond donors (Lipinski definition) is 1. The zero-order valence-corrected chi connectivity index (χ0v) is 12.7. The molecule has 1 atom stereocenters. The van der Waals surface area contributed by atoms with Crippen molar-refractivity contribution >= 4 is 27.7 Å². The molecule has 0 bridgehead atoms. The molecule has 1 aliphatic carbocycles. The van der Waals surface area contributed by atoms with Gasteiger partial charge in [-0.2, -0.15) is 0 Å². The zero-order valence-electron chi connectivity index (χ0n) is 10.3. The van der Waals surface area contributed by atoms with Crippen LogP contribution in [-0.4, -0.2) is 5.25 Å². The normalized spacial score (nSPS) is 19.2. The van der Waals surface area contributed by atoms with Crippen molar-refractivity contribution in [2.24, 2.45) is 5.73 Å². The lowest BCUT2D eigenvalue weighted by atomic mass is 10.0. The van der Waals surface area contributed by atoms with Crippen LogP contribution in [0.15, 0.2) is 27.6 Å². The summed E-state index contributed by atoms with van der Waals surface area (Å²) in [5.41, 5.74) is 7.33. The van der Waals surface area contributed by atoms with E-state index in [1.807, 2.05) is 11.8 Å². The van der Waals surface area contributed by atoms with Gasteiger partial charge in [0, 0.05) is 20.7 Å². The van der Waals surface area contributed by atoms with Crippen LogP contribution in [0.1, 0.15) is 50.6 Å². The standard InChI is InChI=1S/C14H20BrNS/c1-10(16)13-9-11(15)7-8-14(13)17-12-5-3-2-4-6-12/h7-10,12H,2-6,16H2,1H3. The molecule has 0 aliphatic heterocycles. The lowest BCUT2D eigenvalue weighted by molar-refractivity contribution is 0.516. The lowest BCUT2D eigenvalue weighted by Crippen LogP contribution is -2.11. The maximum Gasteiger partial charge on any atom is 0.0277 e. The Morgan fingerprint density at radius 1 is 1.29 bits per heavy atom. The Labute approximate surface area is 117 Å². The molecule has 1 saturated carbocycles. The molecular formula is C14H20BrNS. The highest BCUT2D eigenvalue weighted by molar-refractivity contribution is 9.10. The SMILES string of the molecule is CC(N)c1cc(Br)ccc1SC1CCCCC1. The van der Waals surface area contributed by atoms with Gasteiger partial charge >= 0.3 is 0 Å². The molecule has 2 rings (SSSR count). The Morgan fingerprint density at radius 2 is 2.00 bits per heavy atom. The second-order valence-electron chi connectivity index (χ2n) is 4.85. The molecular weight excluding hydrogens is 294 g/mol. The quantitative estimate of drug-likeness (QED) is 0.859. The van der Waals surface area contributed by atoms with E-state index in [1.54, 1.807) is 0 Å². The van der Waals surface area contributed by atoms with Crippen LogP contribution < -0.4 is 5.73 Å². The van der Waals surface area contributed by atoms with E-state index >= 15 is 0 Å². The van der Waals surface area contributed by atoms with Crippen LogP contribution in [0.2, 0.25) is 0 Å². The van der Waals surface area contributed by atoms with E-state index in [1.165, 1.54) is 42.6 Å². The summed E-state index contributed by atoms with van der Waals surface area (Å²) in [5, 5.41) is 0.794. The van der Waals surface area contributed by atoms with Gasteiger partial charge in [0.25, 0.3) is 0 Å². The fourth-order valence-corrected chi connectivity index (χ4v) is 4.18. The van der Waals surface area contributed by atoms with E-state index in [0.29, 0.717) is 0 Å². The summed E-state index contributed by atoms with van der Waals surface area (Å²) in [6, 6.07) is 6.60. The number of rotatable bonds is 3. The summed E-state index contributed by atoms with van der Waals surface area (Å²) in [6.45, 7) is 2.06. The van der Waals surface area contributed by atoms with Crippen molar-refractivity contribution in [1.82, 2.24) is 0 Å². The van der Waals surface area contributed by atoms with E-state index in [4.69, 9.17) is 5.73 Å². The topological polar surface area (TPSA) is 26.0 Å². The third-order valence-electron chi connectivity index (χ3n) is 3.31. The minimum Gasteiger partial charge on any atom is -0.324 e. The van der Waals surface area contributed by atoms with Gasteiger partial charge in [-0.3, -0.25) is 0 Å². The molecule has 0 spiro atoms. The maximum absolute atomic E-state index is 6.05. The van der Waals surface area contributed by atoms with Gasteiger partial charge in [-0.1, -0.05) is 35.2 Å². The van der Waals surface area contributed by atoms with Crippen molar-refractivity contribution in [1.29, 1.82) is 0 Å². The molecule has 0 heterocycles. The van der Waals surface area contributed by atoms with Crippen molar-refractivity contribution in [3.8, 4) is 0 Å². The van der Waals surface area contributed by atoms with Gasteiger partial charge in [0.05, 0.1) is 0 Å². The van der Waals surface area contributed by atoms with E-state index in [2.05, 4.69) is 41.1 Å². The molecule has 1 aromatic rings. The Hall–Kier alpha value is 0.01000. The molecule has 0 aromatic heterocycles. The largest absolute Gasteiger partial charge is 0.324 e. The molecule has 94 valence electrons. The second kappa shape index (κ2) is 6.26. The Morgan fingerprint density at radius 3 is 2.65 bits per heavy atom. The van der Waals surface area contributed by atoms with Crippen LogP contribution >= 0.6 is 27.7 Å². The van der Waals surface area contributed by atoms with Gasteiger partial charge in [-0.05, 0) is 43.5 Å². The number of benzene rings is 1. The fraction of sp³-hybridized carbons (Fsp3) is 0.571. The first-order valence-electron chi connectivity index (χ1n) is 6.38. The van der Waals surface area contributed by atoms with Crippen LogP contribution in [0, 0.1) is 0 Å². The van der Waals surface area contributed by atoms with E-state index in [9.17, 15) is 0 Å². The van der Waals surface area contributed by atoms with Crippen molar-refractivity contribution in [3.63, 3.8) is 0 Å². The molecule has 3 heteroatoms. The van der Waals surface area contributed by atoms with Gasteiger partial charge < -0.3 is 5.73 Å². The van der Waals surface area contributed by atoms with Crippen molar-refractivity contribution < 1.29 is 0 Å². The molecule has 1 fully saturated rings. The molecule has 1 aromatic carbocycles. The van der Waals surface area contributed by atoms with Crippen LogP contribution in [0.3, 0.4) is 0 Å². The Balaban J connectivity index is 2.13. The van der Waals surface area contributed by atoms with Gasteiger partial charge in [0.2, 0.25) is 0 Å². The highest BCUT2D eigenvalue weighted by Crippen LogP contribution is 2.37. The minimum atomic E-state index is 0.110. The monoisotopic (exact) mass is 313 g/mol. The summed E-state index contributed by atoms with van der Waals surface area (Å²) in [4.78, 5) is 1.37. The highest BCUT2D eigenvalue weighted by atomic mass is 79.9. The smallest absolute Gasteiger partial charge is 0.0277 e. The lowest BCUT2D eigenvalue weighted by Gasteiger charge is -2.23. The first kappa shape index (κ1) is 13.4. The third-order valence-corrected chi connectivity index (χ3v) is 5.23. The molecule has 0 amide bonds. The number of thioether (sulfide) groups is 1. The third kappa shape index (κ3) is 3.73. The summed E-state index contributed by atoms with van der Waals surface area (Å²) in [6.07, 6.45) is 6.92. The summed E-state index contributed by atoms with van der Waals surface area (Å²) < 4.78 is 1.12. The van der Waals surface area contributed by atoms with Crippen LogP contribution in [0.25, 0.3) is 0 Å². The Bertz CT molecular complexity index is 372. The number of halogens is 1. The van der Waals surface area contributed by atoms with Gasteiger partial charge in [-0.25, -0.2) is 0 Å². The first-order chi connectivity index (χ1) is 8.16. The van der Waals surface area contributed by atoms with Gasteiger partial charge in [-0.15, -0.1) is 11.8 Å². The van der Waals surface area contributed by atoms with E-state index in [-0.39, 0.29) is 6.04 Å². The first-order valence-corrected chi connectivity index (χ1v) is 8.06. The van der Waals surface area contributed by atoms with Crippen LogP contribution in [0.4, 0.5) is 0 Å². The Kier molecular flexibility index (Phi) is 4.95. The fourth-order valence-electron chi connectivity index (χ4n) is 2.35. The predicted molar refractivity (Wildman–Crippen MR) is 79.5 cm³/mol. The van der Waals surface area contributed by atoms with E-state index < -0.39 is 0 Å². The summed E-state index contributed by atoms with van der Waals surface area (Å²) in [7, 11) is 0. The second-order valence-corrected chi connectivity index (χ2v) is 7.11. The molecule has 0 radical (unpaired) electrons. The minimum absolute atomic E-state index is 0.110. The molecule has 1 unspecified atom stereocenters.